The summed E-state index contributed by atoms with van der Waals surface area (Å²) in [6, 6.07) is 0. The summed E-state index contributed by atoms with van der Waals surface area (Å²) in [5, 5.41) is 13.3. The van der Waals surface area contributed by atoms with Crippen molar-refractivity contribution >= 4 is 17.7 Å². The van der Waals surface area contributed by atoms with Crippen molar-refractivity contribution in [2.75, 3.05) is 6.61 Å². The van der Waals surface area contributed by atoms with Crippen LogP contribution in [0.15, 0.2) is 22.1 Å². The van der Waals surface area contributed by atoms with Crippen LogP contribution in [-0.4, -0.2) is 17.6 Å². The van der Waals surface area contributed by atoms with E-state index in [0.29, 0.717) is 6.42 Å². The third-order valence-electron chi connectivity index (χ3n) is 6.93. The number of thioether (sulfide) groups is 1. The zero-order chi connectivity index (χ0) is 19.1. The molecule has 3 aliphatic rings. The van der Waals surface area contributed by atoms with E-state index in [1.54, 1.807) is 0 Å². The van der Waals surface area contributed by atoms with Crippen molar-refractivity contribution in [1.82, 2.24) is 5.32 Å². The molecule has 0 bridgehead atoms. The number of carbonyl (C=O) groups excluding carboxylic acids is 1. The number of aliphatic hydroxyl groups is 1. The highest BCUT2D eigenvalue weighted by molar-refractivity contribution is 8.06. The maximum absolute atomic E-state index is 12.6. The molecule has 4 heteroatoms. The lowest BCUT2D eigenvalue weighted by molar-refractivity contribution is -0.120. The van der Waals surface area contributed by atoms with Gasteiger partial charge >= 0.3 is 0 Å². The molecular weight excluding hydrogens is 354 g/mol. The van der Waals surface area contributed by atoms with E-state index in [2.05, 4.69) is 12.2 Å². The van der Waals surface area contributed by atoms with Crippen LogP contribution in [0.4, 0.5) is 0 Å². The summed E-state index contributed by atoms with van der Waals surface area (Å²) in [5.74, 6) is 3.46. The molecule has 0 spiro atoms. The van der Waals surface area contributed by atoms with E-state index in [-0.39, 0.29) is 12.5 Å². The molecule has 152 valence electrons. The van der Waals surface area contributed by atoms with Gasteiger partial charge in [-0.2, -0.15) is 0 Å². The molecule has 1 aliphatic heterocycles. The smallest absolute Gasteiger partial charge is 0.224 e. The average Bonchev–Trinajstić information content (AvgIpc) is 2.70. The molecule has 27 heavy (non-hydrogen) atoms. The standard InChI is InChI=1S/C23H37NO2S/c1-17-10-12-19(13-11-17)21(18-6-3-2-4-7-18)14-15-22(26)24-23-9-5-8-20(16-25)27-23/h8-9,17-19,21,25H,2-7,10-16H2,1H3,(H,24,26). The summed E-state index contributed by atoms with van der Waals surface area (Å²) >= 11 is 1.49. The molecule has 2 fully saturated rings. The van der Waals surface area contributed by atoms with Crippen molar-refractivity contribution in [2.24, 2.45) is 23.7 Å². The quantitative estimate of drug-likeness (QED) is 0.580. The number of hydrogen-bond donors (Lipinski definition) is 2. The Bertz CT molecular complexity index is 543. The fourth-order valence-corrected chi connectivity index (χ4v) is 6.20. The van der Waals surface area contributed by atoms with Crippen molar-refractivity contribution in [3.05, 3.63) is 22.1 Å². The van der Waals surface area contributed by atoms with Gasteiger partial charge < -0.3 is 10.4 Å². The van der Waals surface area contributed by atoms with Crippen LogP contribution in [0.2, 0.25) is 0 Å². The van der Waals surface area contributed by atoms with Gasteiger partial charge in [-0.15, -0.1) is 0 Å². The Morgan fingerprint density at radius 2 is 1.81 bits per heavy atom. The second-order valence-electron chi connectivity index (χ2n) is 8.90. The Balaban J connectivity index is 1.52. The summed E-state index contributed by atoms with van der Waals surface area (Å²) in [6.07, 6.45) is 19.0. The molecule has 1 heterocycles. The number of amides is 1. The molecule has 0 radical (unpaired) electrons. The van der Waals surface area contributed by atoms with Crippen LogP contribution in [-0.2, 0) is 4.79 Å². The van der Waals surface area contributed by atoms with Crippen LogP contribution < -0.4 is 5.32 Å². The van der Waals surface area contributed by atoms with E-state index >= 15 is 0 Å². The highest BCUT2D eigenvalue weighted by atomic mass is 32.2. The van der Waals surface area contributed by atoms with E-state index in [1.807, 2.05) is 12.2 Å². The maximum atomic E-state index is 12.6. The first kappa shape index (κ1) is 21.0. The monoisotopic (exact) mass is 391 g/mol. The largest absolute Gasteiger partial charge is 0.391 e. The molecule has 3 nitrogen and oxygen atoms in total. The van der Waals surface area contributed by atoms with Gasteiger partial charge in [-0.05, 0) is 49.4 Å². The Morgan fingerprint density at radius 1 is 1.11 bits per heavy atom. The lowest BCUT2D eigenvalue weighted by Gasteiger charge is -2.39. The zero-order valence-electron chi connectivity index (χ0n) is 16.9. The van der Waals surface area contributed by atoms with Gasteiger partial charge in [0.05, 0.1) is 11.6 Å². The van der Waals surface area contributed by atoms with E-state index in [1.165, 1.54) is 69.5 Å². The van der Waals surface area contributed by atoms with Gasteiger partial charge in [-0.25, -0.2) is 0 Å². The summed E-state index contributed by atoms with van der Waals surface area (Å²) in [6.45, 7) is 2.45. The first-order chi connectivity index (χ1) is 13.2. The minimum Gasteiger partial charge on any atom is -0.391 e. The van der Waals surface area contributed by atoms with Gasteiger partial charge in [-0.1, -0.05) is 75.8 Å². The molecule has 2 aliphatic carbocycles. The number of hydrogen-bond acceptors (Lipinski definition) is 3. The molecule has 1 amide bonds. The SMILES string of the molecule is CC1CCC(C(CCC(=O)NC2=CCC=C(CO)S2)C2CCCCC2)CC1. The van der Waals surface area contributed by atoms with Gasteiger partial charge in [0.15, 0.2) is 0 Å². The van der Waals surface area contributed by atoms with Crippen molar-refractivity contribution < 1.29 is 9.90 Å². The molecule has 1 atom stereocenters. The van der Waals surface area contributed by atoms with Gasteiger partial charge in [0, 0.05) is 11.3 Å². The molecule has 0 aromatic rings. The van der Waals surface area contributed by atoms with E-state index in [9.17, 15) is 9.90 Å². The summed E-state index contributed by atoms with van der Waals surface area (Å²) in [5.41, 5.74) is 0. The van der Waals surface area contributed by atoms with Crippen LogP contribution in [0.3, 0.4) is 0 Å². The fraction of sp³-hybridized carbons (Fsp3) is 0.783. The third kappa shape index (κ3) is 6.39. The highest BCUT2D eigenvalue weighted by Gasteiger charge is 2.32. The predicted octanol–water partition coefficient (Wildman–Crippen LogP) is 5.76. The van der Waals surface area contributed by atoms with Gasteiger partial charge in [0.2, 0.25) is 5.91 Å². The fourth-order valence-electron chi connectivity index (χ4n) is 5.33. The number of nitrogens with one attached hydrogen (secondary N) is 1. The molecule has 0 saturated heterocycles. The lowest BCUT2D eigenvalue weighted by atomic mass is 9.67. The number of rotatable bonds is 7. The Morgan fingerprint density at radius 3 is 2.52 bits per heavy atom. The second-order valence-corrected chi connectivity index (χ2v) is 10.1. The van der Waals surface area contributed by atoms with E-state index in [0.717, 1.165) is 46.4 Å². The van der Waals surface area contributed by atoms with Crippen LogP contribution in [0.1, 0.15) is 84.0 Å². The summed E-state index contributed by atoms with van der Waals surface area (Å²) < 4.78 is 0. The lowest BCUT2D eigenvalue weighted by Crippen LogP contribution is -2.30. The highest BCUT2D eigenvalue weighted by Crippen LogP contribution is 2.43. The topological polar surface area (TPSA) is 49.3 Å². The number of aliphatic hydroxyl groups excluding tert-OH is 1. The number of allylic oxidation sites excluding steroid dienone is 2. The van der Waals surface area contributed by atoms with Gasteiger partial charge in [0.25, 0.3) is 0 Å². The van der Waals surface area contributed by atoms with Crippen LogP contribution in [0, 0.1) is 23.7 Å². The Kier molecular flexibility index (Phi) is 8.32. The van der Waals surface area contributed by atoms with Crippen molar-refractivity contribution in [2.45, 2.75) is 84.0 Å². The van der Waals surface area contributed by atoms with Crippen LogP contribution >= 0.6 is 11.8 Å². The van der Waals surface area contributed by atoms with Crippen molar-refractivity contribution in [1.29, 1.82) is 0 Å². The van der Waals surface area contributed by atoms with E-state index < -0.39 is 0 Å². The molecule has 3 rings (SSSR count). The van der Waals surface area contributed by atoms with Gasteiger partial charge in [-0.3, -0.25) is 4.79 Å². The molecular formula is C23H37NO2S. The average molecular weight is 392 g/mol. The first-order valence-electron chi connectivity index (χ1n) is 11.1. The molecule has 2 saturated carbocycles. The maximum Gasteiger partial charge on any atom is 0.224 e. The van der Waals surface area contributed by atoms with Crippen LogP contribution in [0.25, 0.3) is 0 Å². The second kappa shape index (κ2) is 10.7. The Labute approximate surface area is 169 Å². The Hall–Kier alpha value is -0.740. The summed E-state index contributed by atoms with van der Waals surface area (Å²) in [4.78, 5) is 13.5. The van der Waals surface area contributed by atoms with Crippen LogP contribution in [0.5, 0.6) is 0 Å². The number of carbonyl (C=O) groups is 1. The molecule has 0 aromatic carbocycles. The molecule has 1 unspecified atom stereocenters. The first-order valence-corrected chi connectivity index (χ1v) is 11.9. The third-order valence-corrected chi connectivity index (χ3v) is 7.98. The normalized spacial score (nSPS) is 28.2. The molecule has 2 N–H and O–H groups in total. The van der Waals surface area contributed by atoms with E-state index in [4.69, 9.17) is 0 Å². The van der Waals surface area contributed by atoms with Gasteiger partial charge in [0.1, 0.15) is 0 Å². The molecule has 0 aromatic heterocycles. The zero-order valence-corrected chi connectivity index (χ0v) is 17.7. The van der Waals surface area contributed by atoms with Crippen molar-refractivity contribution in [3.63, 3.8) is 0 Å². The predicted molar refractivity (Wildman–Crippen MR) is 114 cm³/mol. The van der Waals surface area contributed by atoms with Crippen molar-refractivity contribution in [3.8, 4) is 0 Å². The summed E-state index contributed by atoms with van der Waals surface area (Å²) in [7, 11) is 0. The minimum atomic E-state index is 0.0573. The minimum absolute atomic E-state index is 0.0573.